The molecule has 1 heterocycles. The van der Waals surface area contributed by atoms with Gasteiger partial charge in [-0.15, -0.1) is 0 Å². The van der Waals surface area contributed by atoms with Gasteiger partial charge in [0.25, 0.3) is 0 Å². The molecule has 0 amide bonds. The van der Waals surface area contributed by atoms with Gasteiger partial charge in [0.1, 0.15) is 5.78 Å². The summed E-state index contributed by atoms with van der Waals surface area (Å²) in [6, 6.07) is 7.69. The number of anilines is 1. The number of carbonyl (C=O) groups is 1. The van der Waals surface area contributed by atoms with E-state index in [1.807, 2.05) is 31.2 Å². The Morgan fingerprint density at radius 1 is 1.32 bits per heavy atom. The summed E-state index contributed by atoms with van der Waals surface area (Å²) >= 11 is 0. The van der Waals surface area contributed by atoms with Crippen molar-refractivity contribution in [3.05, 3.63) is 29.8 Å². The average molecular weight is 281 g/mol. The van der Waals surface area contributed by atoms with E-state index >= 15 is 0 Å². The SMILES string of the molecule is CCCS(=O)(=O)CCC(=O)C1CNc2ccccc21. The molecular weight excluding hydrogens is 262 g/mol. The van der Waals surface area contributed by atoms with Crippen molar-refractivity contribution in [2.45, 2.75) is 25.7 Å². The summed E-state index contributed by atoms with van der Waals surface area (Å²) in [7, 11) is -3.07. The molecule has 1 N–H and O–H groups in total. The fraction of sp³-hybridized carbons (Fsp3) is 0.500. The second-order valence-corrected chi connectivity index (χ2v) is 7.19. The van der Waals surface area contributed by atoms with Gasteiger partial charge in [-0.3, -0.25) is 4.79 Å². The number of carbonyl (C=O) groups excluding carboxylic acids is 1. The van der Waals surface area contributed by atoms with Gasteiger partial charge in [-0.1, -0.05) is 25.1 Å². The molecule has 4 nitrogen and oxygen atoms in total. The van der Waals surface area contributed by atoms with E-state index in [9.17, 15) is 13.2 Å². The van der Waals surface area contributed by atoms with E-state index in [-0.39, 0.29) is 29.6 Å². The summed E-state index contributed by atoms with van der Waals surface area (Å²) in [4.78, 5) is 12.2. The van der Waals surface area contributed by atoms with Crippen molar-refractivity contribution in [3.63, 3.8) is 0 Å². The van der Waals surface area contributed by atoms with Gasteiger partial charge in [0.2, 0.25) is 0 Å². The molecule has 0 aromatic heterocycles. The third-order valence-electron chi connectivity index (χ3n) is 3.40. The van der Waals surface area contributed by atoms with Crippen LogP contribution in [0, 0.1) is 0 Å². The van der Waals surface area contributed by atoms with Gasteiger partial charge < -0.3 is 5.32 Å². The molecule has 19 heavy (non-hydrogen) atoms. The fourth-order valence-electron chi connectivity index (χ4n) is 2.41. The maximum Gasteiger partial charge on any atom is 0.150 e. The highest BCUT2D eigenvalue weighted by Gasteiger charge is 2.28. The van der Waals surface area contributed by atoms with Crippen LogP contribution in [0.2, 0.25) is 0 Å². The van der Waals surface area contributed by atoms with Crippen molar-refractivity contribution in [1.82, 2.24) is 0 Å². The molecule has 5 heteroatoms. The summed E-state index contributed by atoms with van der Waals surface area (Å²) in [5.74, 6) is -0.0526. The van der Waals surface area contributed by atoms with Gasteiger partial charge in [-0.25, -0.2) is 8.42 Å². The maximum atomic E-state index is 12.2. The first-order valence-electron chi connectivity index (χ1n) is 6.59. The van der Waals surface area contributed by atoms with Crippen LogP contribution < -0.4 is 5.32 Å². The van der Waals surface area contributed by atoms with Crippen LogP contribution in [-0.2, 0) is 14.6 Å². The minimum absolute atomic E-state index is 0.0112. The van der Waals surface area contributed by atoms with E-state index in [0.717, 1.165) is 11.3 Å². The molecule has 0 radical (unpaired) electrons. The first-order chi connectivity index (χ1) is 9.03. The van der Waals surface area contributed by atoms with E-state index in [1.54, 1.807) is 0 Å². The molecule has 0 aliphatic carbocycles. The summed E-state index contributed by atoms with van der Waals surface area (Å²) in [5, 5.41) is 3.18. The number of rotatable bonds is 6. The predicted molar refractivity (Wildman–Crippen MR) is 76.2 cm³/mol. The number of fused-ring (bicyclic) bond motifs is 1. The van der Waals surface area contributed by atoms with Crippen LogP contribution in [0.3, 0.4) is 0 Å². The van der Waals surface area contributed by atoms with Gasteiger partial charge >= 0.3 is 0 Å². The standard InChI is InChI=1S/C14H19NO3S/c1-2-8-19(17,18)9-7-14(16)12-10-15-13-6-4-3-5-11(12)13/h3-6,12,15H,2,7-10H2,1H3. The number of Topliss-reactive ketones (excluding diaryl/α,β-unsaturated/α-hetero) is 1. The molecule has 1 atom stereocenters. The Kier molecular flexibility index (Phi) is 4.24. The molecule has 104 valence electrons. The predicted octanol–water partition coefficient (Wildman–Crippen LogP) is 1.98. The van der Waals surface area contributed by atoms with E-state index < -0.39 is 9.84 Å². The third-order valence-corrected chi connectivity index (χ3v) is 5.25. The van der Waals surface area contributed by atoms with Crippen LogP contribution in [0.25, 0.3) is 0 Å². The maximum absolute atomic E-state index is 12.2. The first-order valence-corrected chi connectivity index (χ1v) is 8.41. The quantitative estimate of drug-likeness (QED) is 0.866. The fourth-order valence-corrected chi connectivity index (χ4v) is 3.75. The van der Waals surface area contributed by atoms with Gasteiger partial charge in [0.05, 0.1) is 11.7 Å². The zero-order valence-electron chi connectivity index (χ0n) is 11.1. The van der Waals surface area contributed by atoms with Crippen LogP contribution in [0.4, 0.5) is 5.69 Å². The number of para-hydroxylation sites is 1. The Labute approximate surface area is 114 Å². The largest absolute Gasteiger partial charge is 0.384 e. The number of hydrogen-bond donors (Lipinski definition) is 1. The number of nitrogens with one attached hydrogen (secondary N) is 1. The van der Waals surface area contributed by atoms with E-state index in [0.29, 0.717) is 13.0 Å². The van der Waals surface area contributed by atoms with Gasteiger partial charge in [0.15, 0.2) is 9.84 Å². The zero-order valence-corrected chi connectivity index (χ0v) is 11.9. The van der Waals surface area contributed by atoms with Gasteiger partial charge in [-0.2, -0.15) is 0 Å². The lowest BCUT2D eigenvalue weighted by atomic mass is 9.95. The van der Waals surface area contributed by atoms with E-state index in [4.69, 9.17) is 0 Å². The van der Waals surface area contributed by atoms with Crippen LogP contribution in [0.1, 0.15) is 31.2 Å². The Bertz CT molecular complexity index is 566. The molecule has 0 fully saturated rings. The first kappa shape index (κ1) is 14.1. The Balaban J connectivity index is 1.99. The van der Waals surface area contributed by atoms with E-state index in [2.05, 4.69) is 5.32 Å². The minimum atomic E-state index is -3.07. The Hall–Kier alpha value is -1.36. The molecule has 0 spiro atoms. The number of ketones is 1. The lowest BCUT2D eigenvalue weighted by Gasteiger charge is -2.09. The summed E-state index contributed by atoms with van der Waals surface area (Å²) in [6.45, 7) is 2.41. The van der Waals surface area contributed by atoms with Crippen molar-refractivity contribution < 1.29 is 13.2 Å². The lowest BCUT2D eigenvalue weighted by molar-refractivity contribution is -0.119. The molecule has 0 saturated heterocycles. The van der Waals surface area contributed by atoms with Crippen molar-refractivity contribution in [2.75, 3.05) is 23.4 Å². The molecule has 2 rings (SSSR count). The molecule has 1 aromatic rings. The smallest absolute Gasteiger partial charge is 0.150 e. The zero-order chi connectivity index (χ0) is 13.9. The second kappa shape index (κ2) is 5.74. The van der Waals surface area contributed by atoms with Gasteiger partial charge in [0, 0.05) is 24.4 Å². The average Bonchev–Trinajstić information content (AvgIpc) is 2.80. The number of benzene rings is 1. The van der Waals surface area contributed by atoms with Crippen LogP contribution in [-0.4, -0.2) is 32.3 Å². The van der Waals surface area contributed by atoms with Crippen LogP contribution in [0.15, 0.2) is 24.3 Å². The van der Waals surface area contributed by atoms with Crippen LogP contribution >= 0.6 is 0 Å². The highest BCUT2D eigenvalue weighted by molar-refractivity contribution is 7.91. The highest BCUT2D eigenvalue weighted by atomic mass is 32.2. The summed E-state index contributed by atoms with van der Waals surface area (Å²) in [5.41, 5.74) is 1.97. The Morgan fingerprint density at radius 2 is 2.05 bits per heavy atom. The van der Waals surface area contributed by atoms with Crippen molar-refractivity contribution >= 4 is 21.3 Å². The summed E-state index contributed by atoms with van der Waals surface area (Å²) < 4.78 is 23.3. The van der Waals surface area contributed by atoms with Crippen LogP contribution in [0.5, 0.6) is 0 Å². The molecule has 0 bridgehead atoms. The van der Waals surface area contributed by atoms with Crippen molar-refractivity contribution in [3.8, 4) is 0 Å². The van der Waals surface area contributed by atoms with Gasteiger partial charge in [-0.05, 0) is 18.1 Å². The molecule has 1 unspecified atom stereocenters. The number of hydrogen-bond acceptors (Lipinski definition) is 4. The lowest BCUT2D eigenvalue weighted by Crippen LogP contribution is -2.19. The molecule has 0 saturated carbocycles. The number of sulfone groups is 1. The second-order valence-electron chi connectivity index (χ2n) is 4.89. The molecule has 1 aromatic carbocycles. The molecule has 1 aliphatic heterocycles. The Morgan fingerprint density at radius 3 is 2.79 bits per heavy atom. The normalized spacial score (nSPS) is 17.8. The van der Waals surface area contributed by atoms with Crippen molar-refractivity contribution in [2.24, 2.45) is 0 Å². The third kappa shape index (κ3) is 3.35. The highest BCUT2D eigenvalue weighted by Crippen LogP contribution is 2.32. The molecule has 1 aliphatic rings. The monoisotopic (exact) mass is 281 g/mol. The van der Waals surface area contributed by atoms with Crippen molar-refractivity contribution in [1.29, 1.82) is 0 Å². The topological polar surface area (TPSA) is 63.2 Å². The molecular formula is C14H19NO3S. The minimum Gasteiger partial charge on any atom is -0.384 e. The van der Waals surface area contributed by atoms with E-state index in [1.165, 1.54) is 0 Å². The summed E-state index contributed by atoms with van der Waals surface area (Å²) in [6.07, 6.45) is 0.716.